The van der Waals surface area contributed by atoms with E-state index in [0.29, 0.717) is 5.69 Å². The summed E-state index contributed by atoms with van der Waals surface area (Å²) >= 11 is 0. The molecule has 0 unspecified atom stereocenters. The van der Waals surface area contributed by atoms with E-state index >= 15 is 0 Å². The Balaban J connectivity index is 1.84. The Hall–Kier alpha value is -2.89. The van der Waals surface area contributed by atoms with Crippen LogP contribution in [0.2, 0.25) is 0 Å². The van der Waals surface area contributed by atoms with Gasteiger partial charge in [0.25, 0.3) is 5.91 Å². The maximum absolute atomic E-state index is 12.4. The molecule has 24 heavy (non-hydrogen) atoms. The Bertz CT molecular complexity index is 920. The second-order valence-electron chi connectivity index (χ2n) is 6.09. The van der Waals surface area contributed by atoms with Crippen molar-refractivity contribution in [2.45, 2.75) is 27.7 Å². The third-order valence-corrected chi connectivity index (χ3v) is 4.35. The summed E-state index contributed by atoms with van der Waals surface area (Å²) in [5.74, 6) is -0.212. The van der Waals surface area contributed by atoms with Gasteiger partial charge in [0, 0.05) is 24.0 Å². The van der Waals surface area contributed by atoms with E-state index in [0.717, 1.165) is 33.9 Å². The molecule has 0 saturated heterocycles. The lowest BCUT2D eigenvalue weighted by Gasteiger charge is -2.06. The van der Waals surface area contributed by atoms with Crippen LogP contribution >= 0.6 is 0 Å². The summed E-state index contributed by atoms with van der Waals surface area (Å²) in [6.07, 6.45) is 0. The third-order valence-electron chi connectivity index (χ3n) is 4.35. The predicted molar refractivity (Wildman–Crippen MR) is 94.1 cm³/mol. The van der Waals surface area contributed by atoms with Gasteiger partial charge in [0.15, 0.2) is 0 Å². The van der Waals surface area contributed by atoms with E-state index in [2.05, 4.69) is 20.6 Å². The maximum atomic E-state index is 12.4. The summed E-state index contributed by atoms with van der Waals surface area (Å²) in [5.41, 5.74) is 7.11. The largest absolute Gasteiger partial charge is 0.321 e. The first-order valence-electron chi connectivity index (χ1n) is 7.81. The van der Waals surface area contributed by atoms with E-state index in [1.54, 1.807) is 6.07 Å². The lowest BCUT2D eigenvalue weighted by Crippen LogP contribution is -2.12. The van der Waals surface area contributed by atoms with Crippen molar-refractivity contribution in [2.24, 2.45) is 7.05 Å². The van der Waals surface area contributed by atoms with Gasteiger partial charge in [-0.2, -0.15) is 10.2 Å². The van der Waals surface area contributed by atoms with Gasteiger partial charge in [-0.1, -0.05) is 6.07 Å². The van der Waals surface area contributed by atoms with Crippen LogP contribution in [-0.4, -0.2) is 25.9 Å². The molecule has 1 aromatic carbocycles. The van der Waals surface area contributed by atoms with Crippen LogP contribution in [0.25, 0.3) is 11.3 Å². The van der Waals surface area contributed by atoms with Gasteiger partial charge in [0.1, 0.15) is 5.69 Å². The van der Waals surface area contributed by atoms with Crippen LogP contribution in [0.15, 0.2) is 24.3 Å². The van der Waals surface area contributed by atoms with Crippen molar-refractivity contribution in [1.29, 1.82) is 0 Å². The fraction of sp³-hybridized carbons (Fsp3) is 0.278. The smallest absolute Gasteiger partial charge is 0.273 e. The summed E-state index contributed by atoms with van der Waals surface area (Å²) in [6, 6.07) is 7.60. The molecule has 2 aromatic heterocycles. The molecule has 2 heterocycles. The molecule has 0 bridgehead atoms. The number of hydrogen-bond donors (Lipinski definition) is 2. The summed E-state index contributed by atoms with van der Waals surface area (Å²) in [6.45, 7) is 7.98. The molecule has 0 atom stereocenters. The lowest BCUT2D eigenvalue weighted by atomic mass is 10.1. The van der Waals surface area contributed by atoms with Crippen LogP contribution in [0.1, 0.15) is 33.0 Å². The van der Waals surface area contributed by atoms with E-state index < -0.39 is 0 Å². The minimum absolute atomic E-state index is 0.212. The molecule has 0 aliphatic heterocycles. The monoisotopic (exact) mass is 323 g/mol. The molecular formula is C18H21N5O. The molecule has 0 radical (unpaired) electrons. The van der Waals surface area contributed by atoms with Gasteiger partial charge in [-0.05, 0) is 57.0 Å². The number of hydrogen-bond acceptors (Lipinski definition) is 3. The molecule has 3 aromatic rings. The Morgan fingerprint density at radius 3 is 2.50 bits per heavy atom. The fourth-order valence-electron chi connectivity index (χ4n) is 2.73. The SMILES string of the molecule is Cc1ccc(NC(=O)c2cc(-c3c(C)nn(C)c3C)n[nH]2)cc1C. The fourth-order valence-corrected chi connectivity index (χ4v) is 2.73. The average Bonchev–Trinajstić information content (AvgIpc) is 3.09. The quantitative estimate of drug-likeness (QED) is 0.776. The number of nitrogens with zero attached hydrogens (tertiary/aromatic N) is 3. The highest BCUT2D eigenvalue weighted by molar-refractivity contribution is 6.03. The van der Waals surface area contributed by atoms with Crippen molar-refractivity contribution >= 4 is 11.6 Å². The van der Waals surface area contributed by atoms with Crippen LogP contribution < -0.4 is 5.32 Å². The van der Waals surface area contributed by atoms with E-state index in [1.807, 2.05) is 57.6 Å². The van der Waals surface area contributed by atoms with Gasteiger partial charge in [-0.3, -0.25) is 14.6 Å². The Labute approximate surface area is 140 Å². The zero-order chi connectivity index (χ0) is 17.4. The predicted octanol–water partition coefficient (Wildman–Crippen LogP) is 3.30. The normalized spacial score (nSPS) is 10.9. The first-order chi connectivity index (χ1) is 11.4. The Morgan fingerprint density at radius 2 is 1.88 bits per heavy atom. The van der Waals surface area contributed by atoms with E-state index in [-0.39, 0.29) is 5.91 Å². The number of H-pyrrole nitrogens is 1. The molecule has 6 heteroatoms. The van der Waals surface area contributed by atoms with E-state index in [4.69, 9.17) is 0 Å². The van der Waals surface area contributed by atoms with Gasteiger partial charge < -0.3 is 5.32 Å². The molecule has 0 aliphatic rings. The molecule has 0 spiro atoms. The topological polar surface area (TPSA) is 75.6 Å². The summed E-state index contributed by atoms with van der Waals surface area (Å²) < 4.78 is 1.81. The van der Waals surface area contributed by atoms with Crippen molar-refractivity contribution in [3.05, 3.63) is 52.5 Å². The average molecular weight is 323 g/mol. The van der Waals surface area contributed by atoms with Crippen LogP contribution in [0, 0.1) is 27.7 Å². The van der Waals surface area contributed by atoms with Crippen molar-refractivity contribution in [3.8, 4) is 11.3 Å². The number of aromatic nitrogens is 4. The van der Waals surface area contributed by atoms with Crippen molar-refractivity contribution in [3.63, 3.8) is 0 Å². The highest BCUT2D eigenvalue weighted by Crippen LogP contribution is 2.25. The van der Waals surface area contributed by atoms with Crippen molar-refractivity contribution in [1.82, 2.24) is 20.0 Å². The van der Waals surface area contributed by atoms with E-state index in [1.165, 1.54) is 5.56 Å². The number of benzene rings is 1. The number of aryl methyl sites for hydroxylation is 4. The summed E-state index contributed by atoms with van der Waals surface area (Å²) in [4.78, 5) is 12.4. The first kappa shape index (κ1) is 16.0. The molecule has 3 rings (SSSR count). The van der Waals surface area contributed by atoms with Crippen LogP contribution in [0.5, 0.6) is 0 Å². The van der Waals surface area contributed by atoms with Gasteiger partial charge in [0.05, 0.1) is 11.4 Å². The zero-order valence-electron chi connectivity index (χ0n) is 14.6. The van der Waals surface area contributed by atoms with Gasteiger partial charge in [-0.15, -0.1) is 0 Å². The number of rotatable bonds is 3. The van der Waals surface area contributed by atoms with Gasteiger partial charge in [0.2, 0.25) is 0 Å². The molecule has 2 N–H and O–H groups in total. The zero-order valence-corrected chi connectivity index (χ0v) is 14.6. The summed E-state index contributed by atoms with van der Waals surface area (Å²) in [5, 5.41) is 14.4. The number of aromatic amines is 1. The molecular weight excluding hydrogens is 302 g/mol. The van der Waals surface area contributed by atoms with Crippen LogP contribution in [0.3, 0.4) is 0 Å². The number of carbonyl (C=O) groups is 1. The van der Waals surface area contributed by atoms with Crippen LogP contribution in [0.4, 0.5) is 5.69 Å². The Morgan fingerprint density at radius 1 is 1.12 bits per heavy atom. The number of nitrogens with one attached hydrogen (secondary N) is 2. The third kappa shape index (κ3) is 2.82. The molecule has 1 amide bonds. The molecule has 0 saturated carbocycles. The lowest BCUT2D eigenvalue weighted by molar-refractivity contribution is 0.102. The Kier molecular flexibility index (Phi) is 3.97. The minimum atomic E-state index is -0.212. The highest BCUT2D eigenvalue weighted by atomic mass is 16.1. The standard InChI is InChI=1S/C18H21N5O/c1-10-6-7-14(8-11(10)2)19-18(24)16-9-15(20-21-16)17-12(3)22-23(5)13(17)4/h6-9H,1-5H3,(H,19,24)(H,20,21). The number of amides is 1. The number of carbonyl (C=O) groups excluding carboxylic acids is 1. The molecule has 0 aliphatic carbocycles. The number of anilines is 1. The molecule has 0 fully saturated rings. The summed E-state index contributed by atoms with van der Waals surface area (Å²) in [7, 11) is 1.89. The molecule has 6 nitrogen and oxygen atoms in total. The maximum Gasteiger partial charge on any atom is 0.273 e. The van der Waals surface area contributed by atoms with Gasteiger partial charge >= 0.3 is 0 Å². The molecule has 124 valence electrons. The van der Waals surface area contributed by atoms with Crippen molar-refractivity contribution in [2.75, 3.05) is 5.32 Å². The highest BCUT2D eigenvalue weighted by Gasteiger charge is 2.17. The van der Waals surface area contributed by atoms with Gasteiger partial charge in [-0.25, -0.2) is 0 Å². The second-order valence-corrected chi connectivity index (χ2v) is 6.09. The van der Waals surface area contributed by atoms with Crippen molar-refractivity contribution < 1.29 is 4.79 Å². The second kappa shape index (κ2) is 5.96. The van der Waals surface area contributed by atoms with Crippen LogP contribution in [-0.2, 0) is 7.05 Å². The first-order valence-corrected chi connectivity index (χ1v) is 7.81. The van der Waals surface area contributed by atoms with E-state index in [9.17, 15) is 4.79 Å². The minimum Gasteiger partial charge on any atom is -0.321 e.